The number of aromatic amines is 1. The third kappa shape index (κ3) is 1.54. The van der Waals surface area contributed by atoms with Gasteiger partial charge >= 0.3 is 0 Å². The Hall–Kier alpha value is -1.97. The molecule has 0 fully saturated rings. The fourth-order valence-corrected chi connectivity index (χ4v) is 1.35. The Morgan fingerprint density at radius 2 is 2.21 bits per heavy atom. The second-order valence-electron chi connectivity index (χ2n) is 2.89. The smallest absolute Gasteiger partial charge is 0.177 e. The first-order valence-electron chi connectivity index (χ1n) is 4.34. The third-order valence-electron chi connectivity index (χ3n) is 1.97. The van der Waals surface area contributed by atoms with E-state index < -0.39 is 0 Å². The molecule has 0 aliphatic carbocycles. The van der Waals surface area contributed by atoms with Crippen molar-refractivity contribution in [3.05, 3.63) is 42.5 Å². The normalized spacial score (nSPS) is 10.0. The maximum absolute atomic E-state index is 3.95. The monoisotopic (exact) mass is 186 g/mol. The number of H-pyrrole nitrogens is 1. The molecule has 0 saturated heterocycles. The zero-order chi connectivity index (χ0) is 9.80. The van der Waals surface area contributed by atoms with Gasteiger partial charge in [0.25, 0.3) is 0 Å². The molecule has 0 atom stereocenters. The van der Waals surface area contributed by atoms with Crippen LogP contribution >= 0.6 is 0 Å². The number of allylic oxidation sites excluding steroid dienone is 1. The largest absolute Gasteiger partial charge is 0.204 e. The van der Waals surface area contributed by atoms with E-state index in [1.165, 1.54) is 0 Å². The van der Waals surface area contributed by atoms with Crippen LogP contribution in [0.3, 0.4) is 0 Å². The molecule has 0 aliphatic rings. The number of benzene rings is 1. The molecule has 0 unspecified atom stereocenters. The topological polar surface area (TPSA) is 54.5 Å². The van der Waals surface area contributed by atoms with Crippen molar-refractivity contribution in [1.82, 2.24) is 20.6 Å². The van der Waals surface area contributed by atoms with E-state index in [9.17, 15) is 0 Å². The number of tetrazole rings is 1. The molecule has 2 aromatic rings. The zero-order valence-electron chi connectivity index (χ0n) is 7.64. The summed E-state index contributed by atoms with van der Waals surface area (Å²) in [5, 5.41) is 13.9. The second-order valence-corrected chi connectivity index (χ2v) is 2.89. The predicted molar refractivity (Wildman–Crippen MR) is 53.5 cm³/mol. The zero-order valence-corrected chi connectivity index (χ0v) is 7.64. The van der Waals surface area contributed by atoms with Crippen molar-refractivity contribution < 1.29 is 0 Å². The number of hydrogen-bond acceptors (Lipinski definition) is 3. The first kappa shape index (κ1) is 8.62. The molecule has 1 heterocycles. The molecule has 4 heteroatoms. The van der Waals surface area contributed by atoms with Crippen molar-refractivity contribution in [3.8, 4) is 11.4 Å². The highest BCUT2D eigenvalue weighted by atomic mass is 15.5. The van der Waals surface area contributed by atoms with Gasteiger partial charge in [0, 0.05) is 5.56 Å². The van der Waals surface area contributed by atoms with Gasteiger partial charge in [-0.05, 0) is 17.2 Å². The Morgan fingerprint density at radius 3 is 2.93 bits per heavy atom. The molecule has 70 valence electrons. The van der Waals surface area contributed by atoms with Crippen molar-refractivity contribution in [2.24, 2.45) is 0 Å². The van der Waals surface area contributed by atoms with Gasteiger partial charge in [0.1, 0.15) is 0 Å². The minimum Gasteiger partial charge on any atom is -0.177 e. The highest BCUT2D eigenvalue weighted by molar-refractivity contribution is 5.59. The summed E-state index contributed by atoms with van der Waals surface area (Å²) in [6.45, 7) is 3.71. The predicted octanol–water partition coefficient (Wildman–Crippen LogP) is 1.60. The van der Waals surface area contributed by atoms with Gasteiger partial charge in [-0.1, -0.05) is 30.3 Å². The van der Waals surface area contributed by atoms with E-state index >= 15 is 0 Å². The molecule has 1 aromatic carbocycles. The summed E-state index contributed by atoms with van der Waals surface area (Å²) in [5.41, 5.74) is 2.16. The average molecular weight is 186 g/mol. The minimum atomic E-state index is 0.627. The molecule has 0 saturated carbocycles. The lowest BCUT2D eigenvalue weighted by Crippen LogP contribution is -1.89. The van der Waals surface area contributed by atoms with Crippen LogP contribution in [0.5, 0.6) is 0 Å². The Balaban J connectivity index is 2.46. The van der Waals surface area contributed by atoms with Crippen molar-refractivity contribution in [3.63, 3.8) is 0 Å². The molecular weight excluding hydrogens is 176 g/mol. The van der Waals surface area contributed by atoms with Crippen LogP contribution in [0.2, 0.25) is 0 Å². The summed E-state index contributed by atoms with van der Waals surface area (Å²) in [7, 11) is 0. The summed E-state index contributed by atoms with van der Waals surface area (Å²) < 4.78 is 0. The van der Waals surface area contributed by atoms with Crippen molar-refractivity contribution in [1.29, 1.82) is 0 Å². The van der Waals surface area contributed by atoms with Crippen LogP contribution in [0.1, 0.15) is 5.56 Å². The molecule has 2 rings (SSSR count). The van der Waals surface area contributed by atoms with E-state index in [0.717, 1.165) is 17.5 Å². The summed E-state index contributed by atoms with van der Waals surface area (Å²) >= 11 is 0. The van der Waals surface area contributed by atoms with Gasteiger partial charge in [-0.3, -0.25) is 0 Å². The Labute approximate surface area is 81.7 Å². The van der Waals surface area contributed by atoms with Crippen LogP contribution < -0.4 is 0 Å². The highest BCUT2D eigenvalue weighted by Gasteiger charge is 2.06. The van der Waals surface area contributed by atoms with E-state index in [4.69, 9.17) is 0 Å². The lowest BCUT2D eigenvalue weighted by Gasteiger charge is -2.01. The van der Waals surface area contributed by atoms with Crippen LogP contribution in [0.25, 0.3) is 11.4 Å². The third-order valence-corrected chi connectivity index (χ3v) is 1.97. The van der Waals surface area contributed by atoms with Gasteiger partial charge in [-0.25, -0.2) is 0 Å². The van der Waals surface area contributed by atoms with E-state index in [2.05, 4.69) is 27.2 Å². The number of rotatable bonds is 3. The lowest BCUT2D eigenvalue weighted by atomic mass is 10.0. The Bertz CT molecular complexity index is 419. The maximum Gasteiger partial charge on any atom is 0.204 e. The molecule has 0 bridgehead atoms. The Morgan fingerprint density at radius 1 is 1.36 bits per heavy atom. The standard InChI is InChI=1S/C10H10N4/c1-2-5-8-6-3-4-7-9(8)10-11-13-14-12-10/h2-4,6-7H,1,5H2,(H,11,12,13,14). The molecule has 4 nitrogen and oxygen atoms in total. The highest BCUT2D eigenvalue weighted by Crippen LogP contribution is 2.19. The Kier molecular flexibility index (Phi) is 2.36. The number of nitrogens with zero attached hydrogens (tertiary/aromatic N) is 3. The molecule has 0 aliphatic heterocycles. The van der Waals surface area contributed by atoms with E-state index in [1.54, 1.807) is 0 Å². The summed E-state index contributed by atoms with van der Waals surface area (Å²) in [4.78, 5) is 0. The number of hydrogen-bond donors (Lipinski definition) is 1. The number of aromatic nitrogens is 4. The first-order valence-corrected chi connectivity index (χ1v) is 4.34. The second kappa shape index (κ2) is 3.83. The van der Waals surface area contributed by atoms with Crippen LogP contribution in [-0.4, -0.2) is 20.6 Å². The van der Waals surface area contributed by atoms with Gasteiger partial charge in [0.2, 0.25) is 5.82 Å². The van der Waals surface area contributed by atoms with Gasteiger partial charge in [0.05, 0.1) is 0 Å². The fourth-order valence-electron chi connectivity index (χ4n) is 1.35. The van der Waals surface area contributed by atoms with Crippen LogP contribution in [0, 0.1) is 0 Å². The van der Waals surface area contributed by atoms with E-state index in [1.807, 2.05) is 30.3 Å². The quantitative estimate of drug-likeness (QED) is 0.740. The van der Waals surface area contributed by atoms with Gasteiger partial charge in [0.15, 0.2) is 0 Å². The maximum atomic E-state index is 3.95. The molecule has 0 amide bonds. The van der Waals surface area contributed by atoms with E-state index in [-0.39, 0.29) is 0 Å². The molecule has 1 aromatic heterocycles. The van der Waals surface area contributed by atoms with Gasteiger partial charge in [-0.15, -0.1) is 16.8 Å². The molecule has 0 spiro atoms. The van der Waals surface area contributed by atoms with Crippen LogP contribution in [0.4, 0.5) is 0 Å². The van der Waals surface area contributed by atoms with Crippen molar-refractivity contribution in [2.45, 2.75) is 6.42 Å². The van der Waals surface area contributed by atoms with Crippen molar-refractivity contribution >= 4 is 0 Å². The minimum absolute atomic E-state index is 0.627. The van der Waals surface area contributed by atoms with E-state index in [0.29, 0.717) is 5.82 Å². The molecular formula is C10H10N4. The summed E-state index contributed by atoms with van der Waals surface area (Å²) in [5.74, 6) is 0.627. The lowest BCUT2D eigenvalue weighted by molar-refractivity contribution is 0.881. The van der Waals surface area contributed by atoms with Crippen LogP contribution in [-0.2, 0) is 6.42 Å². The van der Waals surface area contributed by atoms with Crippen molar-refractivity contribution in [2.75, 3.05) is 0 Å². The average Bonchev–Trinajstić information content (AvgIpc) is 2.72. The fraction of sp³-hybridized carbons (Fsp3) is 0.100. The SMILES string of the molecule is C=CCc1ccccc1-c1nn[nH]n1. The molecule has 0 radical (unpaired) electrons. The van der Waals surface area contributed by atoms with Crippen LogP contribution in [0.15, 0.2) is 36.9 Å². The molecule has 1 N–H and O–H groups in total. The first-order chi connectivity index (χ1) is 6.92. The van der Waals surface area contributed by atoms with Gasteiger partial charge in [-0.2, -0.15) is 5.21 Å². The summed E-state index contributed by atoms with van der Waals surface area (Å²) in [6, 6.07) is 7.96. The number of nitrogens with one attached hydrogen (secondary N) is 1. The van der Waals surface area contributed by atoms with Gasteiger partial charge < -0.3 is 0 Å². The summed E-state index contributed by atoms with van der Waals surface area (Å²) in [6.07, 6.45) is 2.67. The molecule has 14 heavy (non-hydrogen) atoms.